The van der Waals surface area contributed by atoms with Crippen LogP contribution in [0.25, 0.3) is 0 Å². The van der Waals surface area contributed by atoms with Crippen LogP contribution in [0.1, 0.15) is 36.5 Å². The van der Waals surface area contributed by atoms with E-state index in [4.69, 9.17) is 0 Å². The zero-order chi connectivity index (χ0) is 18.0. The zero-order valence-electron chi connectivity index (χ0n) is 14.5. The van der Waals surface area contributed by atoms with Crippen LogP contribution in [0.5, 0.6) is 0 Å². The summed E-state index contributed by atoms with van der Waals surface area (Å²) in [6.07, 6.45) is 1.77. The number of carboxylic acids is 1. The first-order chi connectivity index (χ1) is 11.9. The maximum Gasteiger partial charge on any atom is 0.311 e. The lowest BCUT2D eigenvalue weighted by Gasteiger charge is -2.33. The van der Waals surface area contributed by atoms with Crippen LogP contribution in [0, 0.1) is 11.3 Å². The molecule has 2 saturated heterocycles. The topological polar surface area (TPSA) is 77.9 Å². The molecule has 6 nitrogen and oxygen atoms in total. The first-order valence-electron chi connectivity index (χ1n) is 8.77. The molecule has 2 aliphatic heterocycles. The molecule has 25 heavy (non-hydrogen) atoms. The molecule has 134 valence electrons. The summed E-state index contributed by atoms with van der Waals surface area (Å²) in [5, 5.41) is 9.30. The Labute approximate surface area is 147 Å². The molecule has 0 aromatic heterocycles. The zero-order valence-corrected chi connectivity index (χ0v) is 14.5. The van der Waals surface area contributed by atoms with E-state index in [1.807, 2.05) is 18.2 Å². The molecule has 0 bridgehead atoms. The van der Waals surface area contributed by atoms with Crippen LogP contribution in [0.4, 0.5) is 0 Å². The Morgan fingerprint density at radius 2 is 1.68 bits per heavy atom. The molecule has 1 aromatic carbocycles. The predicted molar refractivity (Wildman–Crippen MR) is 92.0 cm³/mol. The minimum absolute atomic E-state index is 0.00567. The van der Waals surface area contributed by atoms with E-state index in [0.717, 1.165) is 0 Å². The number of aliphatic carboxylic acids is 1. The highest BCUT2D eigenvalue weighted by atomic mass is 16.4. The second-order valence-corrected chi connectivity index (χ2v) is 7.31. The van der Waals surface area contributed by atoms with E-state index >= 15 is 0 Å². The largest absolute Gasteiger partial charge is 0.481 e. The second-order valence-electron chi connectivity index (χ2n) is 7.31. The fraction of sp³-hybridized carbons (Fsp3) is 0.526. The van der Waals surface area contributed by atoms with E-state index in [1.165, 1.54) is 0 Å². The summed E-state index contributed by atoms with van der Waals surface area (Å²) >= 11 is 0. The van der Waals surface area contributed by atoms with Crippen molar-refractivity contribution < 1.29 is 19.5 Å². The molecule has 1 atom stereocenters. The Hall–Kier alpha value is -2.37. The van der Waals surface area contributed by atoms with Gasteiger partial charge in [0.25, 0.3) is 5.91 Å². The van der Waals surface area contributed by atoms with Gasteiger partial charge in [0, 0.05) is 37.7 Å². The van der Waals surface area contributed by atoms with Crippen molar-refractivity contribution in [2.45, 2.75) is 26.2 Å². The van der Waals surface area contributed by atoms with Gasteiger partial charge in [-0.05, 0) is 38.3 Å². The number of benzene rings is 1. The van der Waals surface area contributed by atoms with Crippen LogP contribution in [-0.4, -0.2) is 58.9 Å². The normalized spacial score (nSPS) is 24.4. The number of likely N-dealkylation sites (tertiary alicyclic amines) is 2. The lowest BCUT2D eigenvalue weighted by molar-refractivity contribution is -0.147. The monoisotopic (exact) mass is 344 g/mol. The number of piperidine rings is 1. The number of amides is 2. The van der Waals surface area contributed by atoms with Gasteiger partial charge in [-0.3, -0.25) is 14.4 Å². The van der Waals surface area contributed by atoms with E-state index in [9.17, 15) is 19.5 Å². The van der Waals surface area contributed by atoms with Crippen molar-refractivity contribution in [1.29, 1.82) is 0 Å². The third kappa shape index (κ3) is 3.52. The molecular formula is C19H24N2O4. The molecule has 0 radical (unpaired) electrons. The van der Waals surface area contributed by atoms with Gasteiger partial charge < -0.3 is 14.9 Å². The maximum atomic E-state index is 12.7. The van der Waals surface area contributed by atoms with Gasteiger partial charge in [0.1, 0.15) is 0 Å². The molecule has 2 heterocycles. The van der Waals surface area contributed by atoms with Crippen LogP contribution < -0.4 is 0 Å². The van der Waals surface area contributed by atoms with Gasteiger partial charge in [0.15, 0.2) is 0 Å². The lowest BCUT2D eigenvalue weighted by Crippen LogP contribution is -2.44. The number of carboxylic acid groups (broad SMARTS) is 1. The lowest BCUT2D eigenvalue weighted by atomic mass is 9.90. The van der Waals surface area contributed by atoms with E-state index in [0.29, 0.717) is 44.5 Å². The van der Waals surface area contributed by atoms with Crippen LogP contribution in [-0.2, 0) is 9.59 Å². The molecule has 0 saturated carbocycles. The molecule has 2 fully saturated rings. The number of carbonyl (C=O) groups is 3. The van der Waals surface area contributed by atoms with Crippen molar-refractivity contribution in [2.24, 2.45) is 11.3 Å². The predicted octanol–water partition coefficient (Wildman–Crippen LogP) is 1.86. The molecule has 3 rings (SSSR count). The molecule has 2 amide bonds. The fourth-order valence-electron chi connectivity index (χ4n) is 3.67. The van der Waals surface area contributed by atoms with Gasteiger partial charge in [-0.15, -0.1) is 0 Å². The van der Waals surface area contributed by atoms with Gasteiger partial charge in [-0.1, -0.05) is 18.2 Å². The Bertz CT molecular complexity index is 667. The van der Waals surface area contributed by atoms with Crippen molar-refractivity contribution in [1.82, 2.24) is 9.80 Å². The average molecular weight is 344 g/mol. The fourth-order valence-corrected chi connectivity index (χ4v) is 3.67. The highest BCUT2D eigenvalue weighted by molar-refractivity contribution is 5.94. The number of rotatable bonds is 3. The minimum atomic E-state index is -0.842. The second kappa shape index (κ2) is 6.86. The molecular weight excluding hydrogens is 320 g/mol. The van der Waals surface area contributed by atoms with Crippen LogP contribution in [0.3, 0.4) is 0 Å². The van der Waals surface area contributed by atoms with Gasteiger partial charge >= 0.3 is 5.97 Å². The van der Waals surface area contributed by atoms with Crippen LogP contribution in [0.15, 0.2) is 30.3 Å². The van der Waals surface area contributed by atoms with Crippen molar-refractivity contribution in [3.05, 3.63) is 35.9 Å². The van der Waals surface area contributed by atoms with Crippen LogP contribution >= 0.6 is 0 Å². The summed E-state index contributed by atoms with van der Waals surface area (Å²) in [6.45, 7) is 3.61. The molecule has 1 unspecified atom stereocenters. The highest BCUT2D eigenvalue weighted by Crippen LogP contribution is 2.32. The smallest absolute Gasteiger partial charge is 0.311 e. The van der Waals surface area contributed by atoms with E-state index < -0.39 is 11.4 Å². The first kappa shape index (κ1) is 17.5. The number of carbonyl (C=O) groups excluding carboxylic acids is 2. The summed E-state index contributed by atoms with van der Waals surface area (Å²) < 4.78 is 0. The highest BCUT2D eigenvalue weighted by Gasteiger charge is 2.43. The summed E-state index contributed by atoms with van der Waals surface area (Å²) in [6, 6.07) is 9.17. The van der Waals surface area contributed by atoms with Gasteiger partial charge in [0.05, 0.1) is 5.41 Å². The first-order valence-corrected chi connectivity index (χ1v) is 8.77. The summed E-state index contributed by atoms with van der Waals surface area (Å²) in [4.78, 5) is 40.0. The summed E-state index contributed by atoms with van der Waals surface area (Å²) in [5.74, 6) is -0.912. The van der Waals surface area contributed by atoms with Crippen molar-refractivity contribution in [2.75, 3.05) is 26.2 Å². The molecule has 0 spiro atoms. The third-order valence-corrected chi connectivity index (χ3v) is 5.45. The van der Waals surface area contributed by atoms with E-state index in [2.05, 4.69) is 0 Å². The third-order valence-electron chi connectivity index (χ3n) is 5.45. The number of nitrogens with zero attached hydrogens (tertiary/aromatic N) is 2. The summed E-state index contributed by atoms with van der Waals surface area (Å²) in [7, 11) is 0. The van der Waals surface area contributed by atoms with Crippen molar-refractivity contribution >= 4 is 17.8 Å². The summed E-state index contributed by atoms with van der Waals surface area (Å²) in [5.41, 5.74) is -0.163. The average Bonchev–Trinajstić information content (AvgIpc) is 3.05. The minimum Gasteiger partial charge on any atom is -0.481 e. The number of hydrogen-bond donors (Lipinski definition) is 1. The van der Waals surface area contributed by atoms with Gasteiger partial charge in [-0.25, -0.2) is 0 Å². The van der Waals surface area contributed by atoms with Gasteiger partial charge in [0.2, 0.25) is 5.91 Å². The Kier molecular flexibility index (Phi) is 4.79. The SMILES string of the molecule is CC1(C(=O)O)CCN(C(=O)C2CCN(C(=O)c3ccccc3)CC2)C1. The number of hydrogen-bond acceptors (Lipinski definition) is 3. The quantitative estimate of drug-likeness (QED) is 0.908. The standard InChI is InChI=1S/C19H24N2O4/c1-19(18(24)25)9-12-21(13-19)17(23)15-7-10-20(11-8-15)16(22)14-5-3-2-4-6-14/h2-6,15H,7-13H2,1H3,(H,24,25). The van der Waals surface area contributed by atoms with Crippen molar-refractivity contribution in [3.8, 4) is 0 Å². The maximum absolute atomic E-state index is 12.7. The van der Waals surface area contributed by atoms with Gasteiger partial charge in [-0.2, -0.15) is 0 Å². The molecule has 1 N–H and O–H groups in total. The molecule has 2 aliphatic rings. The Balaban J connectivity index is 1.55. The molecule has 1 aromatic rings. The Morgan fingerprint density at radius 1 is 1.04 bits per heavy atom. The van der Waals surface area contributed by atoms with Crippen LogP contribution in [0.2, 0.25) is 0 Å². The van der Waals surface area contributed by atoms with E-state index in [-0.39, 0.29) is 24.3 Å². The van der Waals surface area contributed by atoms with Crippen molar-refractivity contribution in [3.63, 3.8) is 0 Å². The molecule has 6 heteroatoms. The Morgan fingerprint density at radius 3 is 2.24 bits per heavy atom. The van der Waals surface area contributed by atoms with E-state index in [1.54, 1.807) is 28.9 Å². The molecule has 0 aliphatic carbocycles.